The molecule has 1 aromatic carbocycles. The molecule has 0 spiro atoms. The predicted octanol–water partition coefficient (Wildman–Crippen LogP) is 3.39. The summed E-state index contributed by atoms with van der Waals surface area (Å²) in [7, 11) is 1.85. The average Bonchev–Trinajstić information content (AvgIpc) is 2.82. The zero-order valence-corrected chi connectivity index (χ0v) is 11.8. The number of nitrogens with zero attached hydrogens (tertiary/aromatic N) is 2. The summed E-state index contributed by atoms with van der Waals surface area (Å²) in [4.78, 5) is 0. The number of aryl methyl sites for hydroxylation is 1. The molecule has 0 saturated carbocycles. The zero-order chi connectivity index (χ0) is 13.8. The molecule has 2 rings (SSSR count). The highest BCUT2D eigenvalue weighted by Crippen LogP contribution is 2.28. The molecule has 2 aromatic rings. The van der Waals surface area contributed by atoms with E-state index in [9.17, 15) is 4.39 Å². The summed E-state index contributed by atoms with van der Waals surface area (Å²) in [6.07, 6.45) is 4.84. The molecule has 1 N–H and O–H groups in total. The van der Waals surface area contributed by atoms with Crippen LogP contribution in [-0.4, -0.2) is 16.8 Å². The van der Waals surface area contributed by atoms with Gasteiger partial charge in [0, 0.05) is 23.3 Å². The summed E-state index contributed by atoms with van der Waals surface area (Å²) in [6, 6.07) is 4.37. The highest BCUT2D eigenvalue weighted by Gasteiger charge is 2.17. The summed E-state index contributed by atoms with van der Waals surface area (Å²) in [6.45, 7) is 2.99. The summed E-state index contributed by atoms with van der Waals surface area (Å²) in [5.41, 5.74) is 1.87. The Morgan fingerprint density at radius 3 is 2.89 bits per heavy atom. The average molecular weight is 282 g/mol. The summed E-state index contributed by atoms with van der Waals surface area (Å²) in [5, 5.41) is 7.92. The van der Waals surface area contributed by atoms with Crippen molar-refractivity contribution in [2.24, 2.45) is 0 Å². The van der Waals surface area contributed by atoms with Crippen LogP contribution in [0.3, 0.4) is 0 Å². The lowest BCUT2D eigenvalue weighted by Crippen LogP contribution is -2.17. The van der Waals surface area contributed by atoms with Gasteiger partial charge in [-0.15, -0.1) is 0 Å². The first-order valence-corrected chi connectivity index (χ1v) is 6.68. The number of nitrogens with one attached hydrogen (secondary N) is 1. The number of hydrogen-bond donors (Lipinski definition) is 1. The number of aromatic nitrogens is 2. The normalized spacial score (nSPS) is 12.6. The van der Waals surface area contributed by atoms with E-state index < -0.39 is 0 Å². The van der Waals surface area contributed by atoms with E-state index in [1.807, 2.05) is 24.1 Å². The second-order valence-electron chi connectivity index (χ2n) is 4.42. The molecule has 0 aliphatic rings. The molecule has 19 heavy (non-hydrogen) atoms. The second kappa shape index (κ2) is 6.17. The Morgan fingerprint density at radius 2 is 2.26 bits per heavy atom. The molecule has 5 heteroatoms. The van der Waals surface area contributed by atoms with Gasteiger partial charge in [-0.3, -0.25) is 4.68 Å². The van der Waals surface area contributed by atoms with Crippen LogP contribution in [0.25, 0.3) is 0 Å². The topological polar surface area (TPSA) is 29.9 Å². The minimum atomic E-state index is -0.328. The maximum absolute atomic E-state index is 13.1. The fourth-order valence-electron chi connectivity index (χ4n) is 2.12. The molecule has 0 saturated heterocycles. The number of rotatable bonds is 5. The van der Waals surface area contributed by atoms with Crippen molar-refractivity contribution in [3.63, 3.8) is 0 Å². The Bertz CT molecular complexity index is 553. The molecule has 1 atom stereocenters. The molecule has 102 valence electrons. The summed E-state index contributed by atoms with van der Waals surface area (Å²) in [5.74, 6) is -0.328. The van der Waals surface area contributed by atoms with E-state index in [1.165, 1.54) is 12.1 Å². The van der Waals surface area contributed by atoms with E-state index in [-0.39, 0.29) is 11.9 Å². The Labute approximate surface area is 117 Å². The molecule has 0 aliphatic heterocycles. The fourth-order valence-corrected chi connectivity index (χ4v) is 2.39. The van der Waals surface area contributed by atoms with Crippen molar-refractivity contribution < 1.29 is 4.39 Å². The third-order valence-corrected chi connectivity index (χ3v) is 3.33. The maximum atomic E-state index is 13.1. The monoisotopic (exact) mass is 281 g/mol. The zero-order valence-electron chi connectivity index (χ0n) is 11.0. The van der Waals surface area contributed by atoms with Gasteiger partial charge in [0.2, 0.25) is 0 Å². The molecule has 0 aliphatic carbocycles. The number of benzene rings is 1. The minimum absolute atomic E-state index is 0.0845. The van der Waals surface area contributed by atoms with Crippen molar-refractivity contribution in [1.29, 1.82) is 0 Å². The van der Waals surface area contributed by atoms with Crippen LogP contribution < -0.4 is 5.32 Å². The number of hydrogen-bond acceptors (Lipinski definition) is 2. The van der Waals surface area contributed by atoms with Crippen molar-refractivity contribution in [3.05, 3.63) is 52.6 Å². The third-order valence-electron chi connectivity index (χ3n) is 3.00. The molecule has 0 radical (unpaired) electrons. The molecule has 3 nitrogen and oxygen atoms in total. The molecule has 0 amide bonds. The smallest absolute Gasteiger partial charge is 0.124 e. The van der Waals surface area contributed by atoms with Gasteiger partial charge in [-0.25, -0.2) is 4.39 Å². The Morgan fingerprint density at radius 1 is 1.47 bits per heavy atom. The van der Waals surface area contributed by atoms with Gasteiger partial charge in [0.1, 0.15) is 5.82 Å². The first kappa shape index (κ1) is 14.0. The standard InChI is InChI=1S/C14H17ClFN3/c1-3-6-19-9-10(8-18-19)14(17-2)12-5-4-11(16)7-13(12)15/h4-5,7-9,14,17H,3,6H2,1-2H3. The van der Waals surface area contributed by atoms with Gasteiger partial charge >= 0.3 is 0 Å². The molecule has 1 unspecified atom stereocenters. The van der Waals surface area contributed by atoms with Crippen molar-refractivity contribution in [2.45, 2.75) is 25.9 Å². The van der Waals surface area contributed by atoms with Gasteiger partial charge in [0.25, 0.3) is 0 Å². The van der Waals surface area contributed by atoms with E-state index in [0.29, 0.717) is 5.02 Å². The van der Waals surface area contributed by atoms with Gasteiger partial charge < -0.3 is 5.32 Å². The van der Waals surface area contributed by atoms with Crippen molar-refractivity contribution >= 4 is 11.6 Å². The van der Waals surface area contributed by atoms with Crippen molar-refractivity contribution in [3.8, 4) is 0 Å². The molecular weight excluding hydrogens is 265 g/mol. The van der Waals surface area contributed by atoms with Crippen LogP contribution >= 0.6 is 11.6 Å². The van der Waals surface area contributed by atoms with E-state index in [1.54, 1.807) is 6.07 Å². The second-order valence-corrected chi connectivity index (χ2v) is 4.83. The molecule has 0 bridgehead atoms. The fraction of sp³-hybridized carbons (Fsp3) is 0.357. The number of halogens is 2. The van der Waals surface area contributed by atoms with Gasteiger partial charge in [-0.1, -0.05) is 24.6 Å². The lowest BCUT2D eigenvalue weighted by Gasteiger charge is -2.16. The van der Waals surface area contributed by atoms with Crippen LogP contribution in [0.4, 0.5) is 4.39 Å². The van der Waals surface area contributed by atoms with E-state index >= 15 is 0 Å². The SMILES string of the molecule is CCCn1cc(C(NC)c2ccc(F)cc2Cl)cn1. The largest absolute Gasteiger partial charge is 0.309 e. The Kier molecular flexibility index (Phi) is 4.56. The Balaban J connectivity index is 2.32. The van der Waals surface area contributed by atoms with Gasteiger partial charge in [-0.05, 0) is 31.2 Å². The van der Waals surface area contributed by atoms with Crippen LogP contribution in [0, 0.1) is 5.82 Å². The lowest BCUT2D eigenvalue weighted by molar-refractivity contribution is 0.600. The predicted molar refractivity (Wildman–Crippen MR) is 74.8 cm³/mol. The minimum Gasteiger partial charge on any atom is -0.309 e. The Hall–Kier alpha value is -1.39. The van der Waals surface area contributed by atoms with Crippen LogP contribution in [0.15, 0.2) is 30.6 Å². The van der Waals surface area contributed by atoms with Crippen LogP contribution in [0.1, 0.15) is 30.5 Å². The first-order valence-electron chi connectivity index (χ1n) is 6.30. The van der Waals surface area contributed by atoms with Crippen LogP contribution in [-0.2, 0) is 6.54 Å². The van der Waals surface area contributed by atoms with Gasteiger partial charge in [-0.2, -0.15) is 5.10 Å². The highest BCUT2D eigenvalue weighted by atomic mass is 35.5. The van der Waals surface area contributed by atoms with E-state index in [0.717, 1.165) is 24.1 Å². The van der Waals surface area contributed by atoms with E-state index in [4.69, 9.17) is 11.6 Å². The third kappa shape index (κ3) is 3.14. The van der Waals surface area contributed by atoms with Crippen LogP contribution in [0.2, 0.25) is 5.02 Å². The van der Waals surface area contributed by atoms with Gasteiger partial charge in [0.15, 0.2) is 0 Å². The van der Waals surface area contributed by atoms with E-state index in [2.05, 4.69) is 17.3 Å². The molecular formula is C14H17ClFN3. The quantitative estimate of drug-likeness (QED) is 0.910. The maximum Gasteiger partial charge on any atom is 0.124 e. The molecule has 1 heterocycles. The first-order chi connectivity index (χ1) is 9.15. The molecule has 0 fully saturated rings. The van der Waals surface area contributed by atoms with Crippen molar-refractivity contribution in [1.82, 2.24) is 15.1 Å². The van der Waals surface area contributed by atoms with Crippen molar-refractivity contribution in [2.75, 3.05) is 7.05 Å². The molecule has 1 aromatic heterocycles. The van der Waals surface area contributed by atoms with Gasteiger partial charge in [0.05, 0.1) is 12.2 Å². The van der Waals surface area contributed by atoms with Crippen LogP contribution in [0.5, 0.6) is 0 Å². The highest BCUT2D eigenvalue weighted by molar-refractivity contribution is 6.31. The summed E-state index contributed by atoms with van der Waals surface area (Å²) >= 11 is 6.11. The lowest BCUT2D eigenvalue weighted by atomic mass is 10.0. The summed E-state index contributed by atoms with van der Waals surface area (Å²) < 4.78 is 15.0.